The quantitative estimate of drug-likeness (QED) is 0.767. The van der Waals surface area contributed by atoms with Crippen LogP contribution >= 0.6 is 0 Å². The normalized spacial score (nSPS) is 11.8. The Balaban J connectivity index is 1.96. The lowest BCUT2D eigenvalue weighted by atomic mass is 10.0. The van der Waals surface area contributed by atoms with Gasteiger partial charge in [-0.3, -0.25) is 4.98 Å². The fourth-order valence-corrected chi connectivity index (χ4v) is 2.37. The van der Waals surface area contributed by atoms with Gasteiger partial charge in [-0.05, 0) is 44.2 Å². The molecule has 0 radical (unpaired) electrons. The van der Waals surface area contributed by atoms with Crippen LogP contribution in [-0.2, 0) is 6.42 Å². The van der Waals surface area contributed by atoms with E-state index in [0.29, 0.717) is 12.2 Å². The molecule has 0 aliphatic heterocycles. The van der Waals surface area contributed by atoms with Crippen molar-refractivity contribution < 1.29 is 9.84 Å². The van der Waals surface area contributed by atoms with Gasteiger partial charge in [0.05, 0.1) is 11.8 Å². The summed E-state index contributed by atoms with van der Waals surface area (Å²) in [5.41, 5.74) is 1.24. The maximum absolute atomic E-state index is 9.94. The van der Waals surface area contributed by atoms with E-state index in [4.69, 9.17) is 4.74 Å². The van der Waals surface area contributed by atoms with E-state index in [1.54, 1.807) is 26.2 Å². The number of hydrogen-bond acceptors (Lipinski definition) is 3. The highest BCUT2D eigenvalue weighted by Crippen LogP contribution is 2.30. The first-order valence-corrected chi connectivity index (χ1v) is 6.92. The summed E-state index contributed by atoms with van der Waals surface area (Å²) in [7, 11) is 0. The number of ether oxygens (including phenoxy) is 1. The van der Waals surface area contributed by atoms with E-state index in [-0.39, 0.29) is 0 Å². The molecule has 4 heteroatoms. The first kappa shape index (κ1) is 13.6. The maximum atomic E-state index is 9.94. The summed E-state index contributed by atoms with van der Waals surface area (Å²) in [5.74, 6) is 1.48. The zero-order chi connectivity index (χ0) is 14.9. The summed E-state index contributed by atoms with van der Waals surface area (Å²) in [4.78, 5) is 7.37. The second-order valence-corrected chi connectivity index (χ2v) is 5.79. The van der Waals surface area contributed by atoms with Gasteiger partial charge in [-0.15, -0.1) is 0 Å². The first-order valence-electron chi connectivity index (χ1n) is 6.92. The van der Waals surface area contributed by atoms with E-state index >= 15 is 0 Å². The minimum atomic E-state index is -0.745. The van der Waals surface area contributed by atoms with E-state index in [9.17, 15) is 5.11 Å². The lowest BCUT2D eigenvalue weighted by Crippen LogP contribution is -2.21. The number of H-pyrrole nitrogens is 1. The molecular weight excluding hydrogens is 264 g/mol. The molecule has 0 spiro atoms. The molecule has 0 saturated carbocycles. The highest BCUT2D eigenvalue weighted by Gasteiger charge is 2.16. The molecule has 0 fully saturated rings. The van der Waals surface area contributed by atoms with Gasteiger partial charge in [-0.2, -0.15) is 0 Å². The van der Waals surface area contributed by atoms with Crippen molar-refractivity contribution in [3.05, 3.63) is 54.5 Å². The van der Waals surface area contributed by atoms with Gasteiger partial charge in [0.25, 0.3) is 0 Å². The van der Waals surface area contributed by atoms with Crippen LogP contribution in [0.2, 0.25) is 0 Å². The molecule has 0 saturated heterocycles. The van der Waals surface area contributed by atoms with Crippen LogP contribution < -0.4 is 4.74 Å². The largest absolute Gasteiger partial charge is 0.455 e. The van der Waals surface area contributed by atoms with Gasteiger partial charge < -0.3 is 14.8 Å². The lowest BCUT2D eigenvalue weighted by molar-refractivity contribution is 0.0801. The third-order valence-electron chi connectivity index (χ3n) is 3.17. The zero-order valence-corrected chi connectivity index (χ0v) is 12.1. The monoisotopic (exact) mass is 282 g/mol. The Morgan fingerprint density at radius 3 is 2.81 bits per heavy atom. The molecule has 3 rings (SSSR count). The minimum absolute atomic E-state index is 0.564. The molecule has 2 heterocycles. The van der Waals surface area contributed by atoms with E-state index < -0.39 is 5.60 Å². The Morgan fingerprint density at radius 2 is 2.10 bits per heavy atom. The molecule has 2 aromatic heterocycles. The van der Waals surface area contributed by atoms with Crippen molar-refractivity contribution in [3.63, 3.8) is 0 Å². The lowest BCUT2D eigenvalue weighted by Gasteiger charge is -2.15. The van der Waals surface area contributed by atoms with Crippen LogP contribution in [0.15, 0.2) is 48.8 Å². The van der Waals surface area contributed by atoms with Gasteiger partial charge in [0, 0.05) is 29.2 Å². The van der Waals surface area contributed by atoms with Crippen LogP contribution in [0.3, 0.4) is 0 Å². The number of nitrogens with zero attached hydrogens (tertiary/aromatic N) is 1. The van der Waals surface area contributed by atoms with Crippen molar-refractivity contribution in [1.82, 2.24) is 9.97 Å². The van der Waals surface area contributed by atoms with E-state index in [1.807, 2.05) is 36.4 Å². The number of pyridine rings is 1. The van der Waals surface area contributed by atoms with E-state index in [0.717, 1.165) is 22.3 Å². The molecule has 1 aromatic carbocycles. The number of hydrogen-bond donors (Lipinski definition) is 2. The molecule has 108 valence electrons. The molecule has 0 aliphatic rings. The van der Waals surface area contributed by atoms with Gasteiger partial charge >= 0.3 is 0 Å². The first-order chi connectivity index (χ1) is 10.0. The van der Waals surface area contributed by atoms with Crippen LogP contribution in [0.1, 0.15) is 19.5 Å². The summed E-state index contributed by atoms with van der Waals surface area (Å²) >= 11 is 0. The minimum Gasteiger partial charge on any atom is -0.455 e. The van der Waals surface area contributed by atoms with Crippen LogP contribution in [-0.4, -0.2) is 20.7 Å². The number of aliphatic hydroxyl groups is 1. The van der Waals surface area contributed by atoms with Crippen molar-refractivity contribution in [2.45, 2.75) is 25.9 Å². The third kappa shape index (κ3) is 3.23. The van der Waals surface area contributed by atoms with Crippen LogP contribution in [0.5, 0.6) is 11.5 Å². The summed E-state index contributed by atoms with van der Waals surface area (Å²) < 4.78 is 5.89. The van der Waals surface area contributed by atoms with Gasteiger partial charge in [0.1, 0.15) is 11.5 Å². The predicted octanol–water partition coefficient (Wildman–Crippen LogP) is 3.67. The molecule has 4 nitrogen and oxygen atoms in total. The molecular formula is C17H18N2O2. The molecule has 0 atom stereocenters. The van der Waals surface area contributed by atoms with Gasteiger partial charge in [-0.1, -0.05) is 6.07 Å². The van der Waals surface area contributed by atoms with Crippen molar-refractivity contribution >= 4 is 10.9 Å². The second kappa shape index (κ2) is 5.22. The number of fused-ring (bicyclic) bond motifs is 1. The summed E-state index contributed by atoms with van der Waals surface area (Å²) in [6.07, 6.45) is 3.96. The summed E-state index contributed by atoms with van der Waals surface area (Å²) in [6.45, 7) is 3.59. The molecule has 21 heavy (non-hydrogen) atoms. The van der Waals surface area contributed by atoms with Gasteiger partial charge in [0.15, 0.2) is 0 Å². The van der Waals surface area contributed by atoms with E-state index in [1.165, 1.54) is 0 Å². The fraction of sp³-hybridized carbons (Fsp3) is 0.235. The predicted molar refractivity (Wildman–Crippen MR) is 82.6 cm³/mol. The highest BCUT2D eigenvalue weighted by atomic mass is 16.5. The molecule has 2 N–H and O–H groups in total. The smallest absolute Gasteiger partial charge is 0.145 e. The van der Waals surface area contributed by atoms with Gasteiger partial charge in [-0.25, -0.2) is 0 Å². The van der Waals surface area contributed by atoms with E-state index in [2.05, 4.69) is 9.97 Å². The van der Waals surface area contributed by atoms with Crippen LogP contribution in [0.4, 0.5) is 0 Å². The topological polar surface area (TPSA) is 58.1 Å². The number of aromatic amines is 1. The van der Waals surface area contributed by atoms with Crippen molar-refractivity contribution in [1.29, 1.82) is 0 Å². The van der Waals surface area contributed by atoms with Crippen LogP contribution in [0.25, 0.3) is 10.9 Å². The molecule has 3 aromatic rings. The third-order valence-corrected chi connectivity index (χ3v) is 3.17. The summed E-state index contributed by atoms with van der Waals surface area (Å²) in [5, 5.41) is 10.9. The average Bonchev–Trinajstić information content (AvgIpc) is 2.81. The van der Waals surface area contributed by atoms with Crippen LogP contribution in [0, 0.1) is 0 Å². The number of nitrogens with one attached hydrogen (secondary N) is 1. The zero-order valence-electron chi connectivity index (χ0n) is 12.1. The Hall–Kier alpha value is -2.33. The highest BCUT2D eigenvalue weighted by molar-refractivity contribution is 5.87. The summed E-state index contributed by atoms with van der Waals surface area (Å²) in [6, 6.07) is 11.6. The number of aromatic nitrogens is 2. The standard InChI is InChI=1S/C17H18N2O2/c1-17(2,20)10-12-9-14-15(19-12)6-3-7-16(14)21-13-5-4-8-18-11-13/h3-9,11,19-20H,10H2,1-2H3. The van der Waals surface area contributed by atoms with Crippen molar-refractivity contribution in [3.8, 4) is 11.5 Å². The second-order valence-electron chi connectivity index (χ2n) is 5.79. The SMILES string of the molecule is CC(C)(O)Cc1cc2c(Oc3cccnc3)cccc2[nH]1. The van der Waals surface area contributed by atoms with Crippen molar-refractivity contribution in [2.75, 3.05) is 0 Å². The fourth-order valence-electron chi connectivity index (χ4n) is 2.37. The molecule has 0 bridgehead atoms. The molecule has 0 unspecified atom stereocenters. The molecule has 0 amide bonds. The number of benzene rings is 1. The maximum Gasteiger partial charge on any atom is 0.145 e. The number of rotatable bonds is 4. The molecule has 0 aliphatic carbocycles. The Morgan fingerprint density at radius 1 is 1.24 bits per heavy atom. The van der Waals surface area contributed by atoms with Gasteiger partial charge in [0.2, 0.25) is 0 Å². The average molecular weight is 282 g/mol. The Kier molecular flexibility index (Phi) is 3.39. The Labute approximate surface area is 123 Å². The Bertz CT molecular complexity index is 742. The van der Waals surface area contributed by atoms with Crippen molar-refractivity contribution in [2.24, 2.45) is 0 Å².